The van der Waals surface area contributed by atoms with Crippen LogP contribution in [0.2, 0.25) is 0 Å². The molecule has 2 aliphatic carbocycles. The summed E-state index contributed by atoms with van der Waals surface area (Å²) in [6.45, 7) is 4.68. The van der Waals surface area contributed by atoms with Crippen molar-refractivity contribution in [2.45, 2.75) is 20.3 Å². The van der Waals surface area contributed by atoms with Gasteiger partial charge in [-0.1, -0.05) is 0 Å². The van der Waals surface area contributed by atoms with Crippen LogP contribution in [0.15, 0.2) is 87.7 Å². The SMILES string of the molecule is [CH2]=[Zr+2]([C]1=C(C)C(c2ccccc2)=CC1C)[c]1cccc2c1Cc1ccccc1-2.[Cl-].[Cl-]. The van der Waals surface area contributed by atoms with Gasteiger partial charge in [-0.2, -0.15) is 0 Å². The molecule has 3 aromatic carbocycles. The maximum absolute atomic E-state index is 4.86. The van der Waals surface area contributed by atoms with Gasteiger partial charge in [-0.25, -0.2) is 0 Å². The molecule has 150 valence electrons. The van der Waals surface area contributed by atoms with Crippen molar-refractivity contribution in [1.82, 2.24) is 0 Å². The van der Waals surface area contributed by atoms with E-state index in [4.69, 9.17) is 4.21 Å². The molecule has 0 N–H and O–H groups in total. The van der Waals surface area contributed by atoms with Gasteiger partial charge in [0.15, 0.2) is 0 Å². The van der Waals surface area contributed by atoms with E-state index in [1.807, 2.05) is 0 Å². The van der Waals surface area contributed by atoms with Crippen molar-refractivity contribution in [2.24, 2.45) is 5.92 Å². The fourth-order valence-corrected chi connectivity index (χ4v) is 10.8. The smallest absolute Gasteiger partial charge is 1.00 e. The predicted molar refractivity (Wildman–Crippen MR) is 118 cm³/mol. The minimum absolute atomic E-state index is 0. The van der Waals surface area contributed by atoms with Crippen molar-refractivity contribution in [3.8, 4) is 11.1 Å². The number of fused-ring (bicyclic) bond motifs is 3. The van der Waals surface area contributed by atoms with Gasteiger partial charge in [0, 0.05) is 0 Å². The molecule has 3 heteroatoms. The number of hydrogen-bond donors (Lipinski definition) is 0. The largest absolute Gasteiger partial charge is 1.00 e. The topological polar surface area (TPSA) is 0 Å². The van der Waals surface area contributed by atoms with Gasteiger partial charge >= 0.3 is 176 Å². The van der Waals surface area contributed by atoms with Crippen LogP contribution in [-0.2, 0) is 27.7 Å². The van der Waals surface area contributed by atoms with E-state index in [1.165, 1.54) is 33.4 Å². The predicted octanol–water partition coefficient (Wildman–Crippen LogP) is -0.0514. The number of benzene rings is 3. The number of rotatable bonds is 3. The third-order valence-corrected chi connectivity index (χ3v) is 12.7. The van der Waals surface area contributed by atoms with Crippen LogP contribution in [-0.4, -0.2) is 4.21 Å². The van der Waals surface area contributed by atoms with E-state index in [0.29, 0.717) is 5.92 Å². The van der Waals surface area contributed by atoms with E-state index in [2.05, 4.69) is 92.7 Å². The monoisotopic (exact) mass is 508 g/mol. The quantitative estimate of drug-likeness (QED) is 0.363. The fourth-order valence-electron chi connectivity index (χ4n) is 4.96. The van der Waals surface area contributed by atoms with Crippen molar-refractivity contribution >= 4 is 13.1 Å². The molecule has 0 saturated carbocycles. The minimum Gasteiger partial charge on any atom is -1.00 e. The Morgan fingerprint density at radius 2 is 1.50 bits per heavy atom. The Balaban J connectivity index is 0.00000128. The van der Waals surface area contributed by atoms with Gasteiger partial charge in [-0.3, -0.25) is 0 Å². The first-order valence-corrected chi connectivity index (χ1v) is 14.2. The third-order valence-electron chi connectivity index (χ3n) is 6.27. The van der Waals surface area contributed by atoms with Gasteiger partial charge in [-0.05, 0) is 0 Å². The van der Waals surface area contributed by atoms with E-state index in [-0.39, 0.29) is 24.8 Å². The van der Waals surface area contributed by atoms with Gasteiger partial charge in [0.2, 0.25) is 0 Å². The van der Waals surface area contributed by atoms with Gasteiger partial charge in [0.05, 0.1) is 0 Å². The molecule has 2 aliphatic rings. The van der Waals surface area contributed by atoms with Crippen molar-refractivity contribution in [3.05, 3.63) is 104 Å². The molecule has 0 nitrogen and oxygen atoms in total. The third kappa shape index (κ3) is 3.77. The van der Waals surface area contributed by atoms with Crippen molar-refractivity contribution in [1.29, 1.82) is 0 Å². The summed E-state index contributed by atoms with van der Waals surface area (Å²) in [5.41, 5.74) is 10.1. The van der Waals surface area contributed by atoms with E-state index >= 15 is 0 Å². The Kier molecular flexibility index (Phi) is 7.18. The van der Waals surface area contributed by atoms with Crippen LogP contribution in [0.4, 0.5) is 0 Å². The molecule has 1 atom stereocenters. The summed E-state index contributed by atoms with van der Waals surface area (Å²) in [7, 11) is 0. The van der Waals surface area contributed by atoms with Crippen LogP contribution in [0.1, 0.15) is 30.5 Å². The van der Waals surface area contributed by atoms with E-state index < -0.39 is 21.3 Å². The second-order valence-corrected chi connectivity index (χ2v) is 12.9. The van der Waals surface area contributed by atoms with Gasteiger partial charge in [0.1, 0.15) is 0 Å². The molecular formula is C27H24Cl2Zr. The Labute approximate surface area is 199 Å². The van der Waals surface area contributed by atoms with Crippen molar-refractivity contribution in [3.63, 3.8) is 0 Å². The maximum atomic E-state index is 4.86. The zero-order chi connectivity index (χ0) is 19.3. The van der Waals surface area contributed by atoms with Crippen LogP contribution < -0.4 is 28.1 Å². The zero-order valence-electron chi connectivity index (χ0n) is 17.3. The van der Waals surface area contributed by atoms with E-state index in [9.17, 15) is 0 Å². The van der Waals surface area contributed by atoms with Crippen LogP contribution in [0.5, 0.6) is 0 Å². The summed E-state index contributed by atoms with van der Waals surface area (Å²) in [6.07, 6.45) is 3.53. The summed E-state index contributed by atoms with van der Waals surface area (Å²) in [5, 5.41) is 0. The summed E-state index contributed by atoms with van der Waals surface area (Å²) in [6, 6.07) is 26.6. The summed E-state index contributed by atoms with van der Waals surface area (Å²) in [5.74, 6) is 0.502. The molecule has 0 saturated heterocycles. The Morgan fingerprint density at radius 1 is 0.833 bits per heavy atom. The molecule has 0 aromatic heterocycles. The van der Waals surface area contributed by atoms with E-state index in [1.54, 1.807) is 12.1 Å². The average molecular weight is 511 g/mol. The number of allylic oxidation sites excluding steroid dienone is 4. The Bertz CT molecular complexity index is 1170. The van der Waals surface area contributed by atoms with Crippen molar-refractivity contribution in [2.75, 3.05) is 0 Å². The first-order valence-electron chi connectivity index (χ1n) is 10.0. The average Bonchev–Trinajstić information content (AvgIpc) is 3.25. The van der Waals surface area contributed by atoms with Gasteiger partial charge in [0.25, 0.3) is 0 Å². The molecule has 0 radical (unpaired) electrons. The second kappa shape index (κ2) is 9.31. The molecule has 0 bridgehead atoms. The molecule has 0 aliphatic heterocycles. The van der Waals surface area contributed by atoms with Crippen LogP contribution in [0.3, 0.4) is 0 Å². The molecule has 0 spiro atoms. The second-order valence-electron chi connectivity index (χ2n) is 7.92. The van der Waals surface area contributed by atoms with Crippen LogP contribution >= 0.6 is 0 Å². The zero-order valence-corrected chi connectivity index (χ0v) is 21.2. The molecule has 0 amide bonds. The van der Waals surface area contributed by atoms with Crippen LogP contribution in [0.25, 0.3) is 16.7 Å². The maximum Gasteiger partial charge on any atom is -1.00 e. The molecule has 30 heavy (non-hydrogen) atoms. The first-order chi connectivity index (χ1) is 13.6. The molecule has 0 heterocycles. The van der Waals surface area contributed by atoms with Gasteiger partial charge < -0.3 is 24.8 Å². The summed E-state index contributed by atoms with van der Waals surface area (Å²) < 4.78 is 8.11. The Morgan fingerprint density at radius 3 is 2.27 bits per heavy atom. The van der Waals surface area contributed by atoms with Crippen LogP contribution in [0, 0.1) is 5.92 Å². The van der Waals surface area contributed by atoms with Crippen molar-refractivity contribution < 1.29 is 46.1 Å². The fraction of sp³-hybridized carbons (Fsp3) is 0.148. The normalized spacial score (nSPS) is 15.9. The molecule has 3 aromatic rings. The first kappa shape index (κ1) is 23.1. The standard InChI is InChI=1S/C13H9.C13H13.CH2.2ClH.Zr/c1-3-7-12-10(5-1)9-11-6-2-4-8-13(11)12;1-10-8-11(2)13(9-10)12-6-4-3-5-7-12;;;;/h1-5,7-8H,9H2;3-7,9-10H,1-2H3;1H2;2*1H;/q;;;;;+2/p-2. The molecule has 0 fully saturated rings. The minimum atomic E-state index is -2.18. The molecule has 1 unspecified atom stereocenters. The summed E-state index contributed by atoms with van der Waals surface area (Å²) >= 11 is -2.18. The van der Waals surface area contributed by atoms with Gasteiger partial charge in [-0.15, -0.1) is 0 Å². The number of hydrogen-bond acceptors (Lipinski definition) is 0. The molecule has 5 rings (SSSR count). The summed E-state index contributed by atoms with van der Waals surface area (Å²) in [4.78, 5) is 0. The van der Waals surface area contributed by atoms with E-state index in [0.717, 1.165) is 6.42 Å². The number of halogens is 2. The Hall–Kier alpha value is -1.53. The molecular weight excluding hydrogens is 486 g/mol.